The number of primary amides is 1. The van der Waals surface area contributed by atoms with Crippen LogP contribution in [0.5, 0.6) is 0 Å². The average Bonchev–Trinajstić information content (AvgIpc) is 2.44. The van der Waals surface area contributed by atoms with Crippen molar-refractivity contribution in [3.63, 3.8) is 0 Å². The molecular formula is C13H15N3O4. The molecular weight excluding hydrogens is 262 g/mol. The molecule has 1 heterocycles. The Bertz CT molecular complexity index is 534. The number of aromatic nitrogens is 1. The fraction of sp³-hybridized carbons (Fsp3) is 0.308. The van der Waals surface area contributed by atoms with E-state index in [0.29, 0.717) is 11.1 Å². The number of aliphatic hydroxyl groups excluding tert-OH is 1. The Hall–Kier alpha value is -2.43. The molecule has 0 aliphatic rings. The standard InChI is InChI=1S/C13H15N3O4/c14-12(18)9-20-5-3-16-13(19)11-6-10(2-1-4-17)7-15-8-11/h6-8,17H,3-5,9H2,(H2,14,18)(H,16,19). The zero-order valence-corrected chi connectivity index (χ0v) is 10.8. The highest BCUT2D eigenvalue weighted by Gasteiger charge is 2.05. The molecule has 7 heteroatoms. The predicted molar refractivity (Wildman–Crippen MR) is 70.5 cm³/mol. The van der Waals surface area contributed by atoms with Gasteiger partial charge in [0.25, 0.3) is 5.91 Å². The molecule has 0 aliphatic carbocycles. The van der Waals surface area contributed by atoms with E-state index >= 15 is 0 Å². The number of pyridine rings is 1. The summed E-state index contributed by atoms with van der Waals surface area (Å²) in [4.78, 5) is 26.1. The second kappa shape index (κ2) is 8.63. The summed E-state index contributed by atoms with van der Waals surface area (Å²) < 4.78 is 4.90. The van der Waals surface area contributed by atoms with Crippen molar-refractivity contribution in [1.82, 2.24) is 10.3 Å². The first kappa shape index (κ1) is 15.6. The summed E-state index contributed by atoms with van der Waals surface area (Å²) in [5.74, 6) is 4.25. The first-order valence-corrected chi connectivity index (χ1v) is 5.82. The largest absolute Gasteiger partial charge is 0.384 e. The van der Waals surface area contributed by atoms with E-state index in [-0.39, 0.29) is 32.3 Å². The molecule has 0 aromatic carbocycles. The molecule has 0 aliphatic heterocycles. The van der Waals surface area contributed by atoms with Crippen LogP contribution in [0.1, 0.15) is 15.9 Å². The summed E-state index contributed by atoms with van der Waals surface area (Å²) in [6, 6.07) is 1.56. The van der Waals surface area contributed by atoms with Gasteiger partial charge in [0, 0.05) is 24.5 Å². The van der Waals surface area contributed by atoms with Gasteiger partial charge in [-0.3, -0.25) is 14.6 Å². The molecule has 0 saturated carbocycles. The van der Waals surface area contributed by atoms with Gasteiger partial charge >= 0.3 is 0 Å². The number of hydrogen-bond donors (Lipinski definition) is 3. The molecule has 2 amide bonds. The number of carbonyl (C=O) groups is 2. The van der Waals surface area contributed by atoms with Gasteiger partial charge in [-0.25, -0.2) is 0 Å². The number of rotatable bonds is 6. The number of carbonyl (C=O) groups excluding carboxylic acids is 2. The van der Waals surface area contributed by atoms with Gasteiger partial charge < -0.3 is 20.9 Å². The molecule has 106 valence electrons. The lowest BCUT2D eigenvalue weighted by molar-refractivity contribution is -0.122. The fourth-order valence-corrected chi connectivity index (χ4v) is 1.29. The van der Waals surface area contributed by atoms with E-state index in [1.54, 1.807) is 6.07 Å². The molecule has 0 saturated heterocycles. The second-order valence-corrected chi connectivity index (χ2v) is 3.70. The lowest BCUT2D eigenvalue weighted by Crippen LogP contribution is -2.28. The van der Waals surface area contributed by atoms with E-state index < -0.39 is 5.91 Å². The first-order valence-electron chi connectivity index (χ1n) is 5.82. The minimum Gasteiger partial charge on any atom is -0.384 e. The molecule has 4 N–H and O–H groups in total. The SMILES string of the molecule is NC(=O)COCCNC(=O)c1cncc(C#CCO)c1. The zero-order valence-electron chi connectivity index (χ0n) is 10.8. The van der Waals surface area contributed by atoms with Gasteiger partial charge in [0.2, 0.25) is 5.91 Å². The van der Waals surface area contributed by atoms with Crippen LogP contribution in [0.3, 0.4) is 0 Å². The van der Waals surface area contributed by atoms with Crippen molar-refractivity contribution >= 4 is 11.8 Å². The first-order chi connectivity index (χ1) is 9.63. The van der Waals surface area contributed by atoms with Gasteiger partial charge in [-0.05, 0) is 6.07 Å². The van der Waals surface area contributed by atoms with Crippen LogP contribution in [0.25, 0.3) is 0 Å². The van der Waals surface area contributed by atoms with Gasteiger partial charge in [0.1, 0.15) is 13.2 Å². The monoisotopic (exact) mass is 277 g/mol. The van der Waals surface area contributed by atoms with Crippen molar-refractivity contribution in [2.24, 2.45) is 5.73 Å². The molecule has 1 rings (SSSR count). The second-order valence-electron chi connectivity index (χ2n) is 3.70. The Kier molecular flexibility index (Phi) is 6.75. The fourth-order valence-electron chi connectivity index (χ4n) is 1.29. The number of nitrogens with two attached hydrogens (primary N) is 1. The molecule has 20 heavy (non-hydrogen) atoms. The molecule has 0 radical (unpaired) electrons. The minimum atomic E-state index is -0.560. The van der Waals surface area contributed by atoms with Crippen LogP contribution >= 0.6 is 0 Å². The van der Waals surface area contributed by atoms with Gasteiger partial charge in [0.15, 0.2) is 0 Å². The summed E-state index contributed by atoms with van der Waals surface area (Å²) in [5.41, 5.74) is 5.78. The van der Waals surface area contributed by atoms with Gasteiger partial charge in [-0.1, -0.05) is 11.8 Å². The van der Waals surface area contributed by atoms with E-state index in [9.17, 15) is 9.59 Å². The molecule has 1 aromatic heterocycles. The predicted octanol–water partition coefficient (Wildman–Crippen LogP) is -1.34. The van der Waals surface area contributed by atoms with E-state index in [1.807, 2.05) is 0 Å². The maximum absolute atomic E-state index is 11.8. The smallest absolute Gasteiger partial charge is 0.252 e. The van der Waals surface area contributed by atoms with Crippen molar-refractivity contribution in [1.29, 1.82) is 0 Å². The molecule has 0 fully saturated rings. The third-order valence-electron chi connectivity index (χ3n) is 2.09. The molecule has 0 bridgehead atoms. The number of ether oxygens (including phenoxy) is 1. The third kappa shape index (κ3) is 5.95. The highest BCUT2D eigenvalue weighted by molar-refractivity contribution is 5.94. The topological polar surface area (TPSA) is 115 Å². The Labute approximate surface area is 116 Å². The summed E-state index contributed by atoms with van der Waals surface area (Å²) in [7, 11) is 0. The number of nitrogens with zero attached hydrogens (tertiary/aromatic N) is 1. The quantitative estimate of drug-likeness (QED) is 0.439. The Morgan fingerprint density at radius 1 is 1.45 bits per heavy atom. The normalized spacial score (nSPS) is 9.45. The van der Waals surface area contributed by atoms with Crippen LogP contribution in [0.2, 0.25) is 0 Å². The summed E-state index contributed by atoms with van der Waals surface area (Å²) in [6.07, 6.45) is 2.90. The molecule has 0 atom stereocenters. The van der Waals surface area contributed by atoms with Crippen LogP contribution in [0.4, 0.5) is 0 Å². The maximum Gasteiger partial charge on any atom is 0.252 e. The Morgan fingerprint density at radius 3 is 2.95 bits per heavy atom. The maximum atomic E-state index is 11.8. The lowest BCUT2D eigenvalue weighted by Gasteiger charge is -2.05. The van der Waals surface area contributed by atoms with Crippen LogP contribution in [0.15, 0.2) is 18.5 Å². The number of nitrogens with one attached hydrogen (secondary N) is 1. The zero-order chi connectivity index (χ0) is 14.8. The van der Waals surface area contributed by atoms with E-state index in [1.165, 1.54) is 12.4 Å². The Balaban J connectivity index is 2.45. The minimum absolute atomic E-state index is 0.177. The summed E-state index contributed by atoms with van der Waals surface area (Å²) in [5, 5.41) is 11.2. The van der Waals surface area contributed by atoms with Crippen molar-refractivity contribution < 1.29 is 19.4 Å². The van der Waals surface area contributed by atoms with Crippen molar-refractivity contribution in [3.8, 4) is 11.8 Å². The summed E-state index contributed by atoms with van der Waals surface area (Å²) in [6.45, 7) is 0.00205. The van der Waals surface area contributed by atoms with Crippen LogP contribution in [-0.2, 0) is 9.53 Å². The van der Waals surface area contributed by atoms with Crippen molar-refractivity contribution in [2.75, 3.05) is 26.4 Å². The van der Waals surface area contributed by atoms with Crippen molar-refractivity contribution in [3.05, 3.63) is 29.6 Å². The van der Waals surface area contributed by atoms with Gasteiger partial charge in [-0.15, -0.1) is 0 Å². The van der Waals surface area contributed by atoms with E-state index in [0.717, 1.165) is 0 Å². The summed E-state index contributed by atoms with van der Waals surface area (Å²) >= 11 is 0. The molecule has 0 unspecified atom stereocenters. The highest BCUT2D eigenvalue weighted by Crippen LogP contribution is 2.01. The van der Waals surface area contributed by atoms with Crippen LogP contribution in [-0.4, -0.2) is 48.3 Å². The lowest BCUT2D eigenvalue weighted by atomic mass is 10.2. The number of hydrogen-bond acceptors (Lipinski definition) is 5. The number of amides is 2. The number of aliphatic hydroxyl groups is 1. The van der Waals surface area contributed by atoms with Gasteiger partial charge in [-0.2, -0.15) is 0 Å². The van der Waals surface area contributed by atoms with E-state index in [4.69, 9.17) is 15.6 Å². The Morgan fingerprint density at radius 2 is 2.25 bits per heavy atom. The average molecular weight is 277 g/mol. The third-order valence-corrected chi connectivity index (χ3v) is 2.09. The molecule has 0 spiro atoms. The molecule has 7 nitrogen and oxygen atoms in total. The van der Waals surface area contributed by atoms with Gasteiger partial charge in [0.05, 0.1) is 12.2 Å². The van der Waals surface area contributed by atoms with Crippen LogP contribution in [0, 0.1) is 11.8 Å². The van der Waals surface area contributed by atoms with E-state index in [2.05, 4.69) is 22.1 Å². The van der Waals surface area contributed by atoms with Crippen molar-refractivity contribution in [2.45, 2.75) is 0 Å². The highest BCUT2D eigenvalue weighted by atomic mass is 16.5. The van der Waals surface area contributed by atoms with Crippen LogP contribution < -0.4 is 11.1 Å². The molecule has 1 aromatic rings.